The van der Waals surface area contributed by atoms with Gasteiger partial charge in [-0.15, -0.1) is 0 Å². The van der Waals surface area contributed by atoms with E-state index in [1.54, 1.807) is 0 Å². The van der Waals surface area contributed by atoms with E-state index in [4.69, 9.17) is 18.1 Å². The van der Waals surface area contributed by atoms with Crippen molar-refractivity contribution in [3.05, 3.63) is 29.3 Å². The summed E-state index contributed by atoms with van der Waals surface area (Å²) in [7, 11) is 0. The van der Waals surface area contributed by atoms with Gasteiger partial charge in [0.25, 0.3) is 0 Å². The summed E-state index contributed by atoms with van der Waals surface area (Å²) in [6.45, 7) is 3.74. The number of anilines is 1. The predicted octanol–water partition coefficient (Wildman–Crippen LogP) is 2.25. The highest BCUT2D eigenvalue weighted by Crippen LogP contribution is 2.26. The maximum absolute atomic E-state index is 13.1. The zero-order valence-corrected chi connectivity index (χ0v) is 9.79. The largest absolute Gasteiger partial charge is 0.331 e. The molecule has 0 aliphatic rings. The van der Waals surface area contributed by atoms with E-state index in [1.807, 2.05) is 13.8 Å². The lowest BCUT2D eigenvalue weighted by molar-refractivity contribution is 0.507. The summed E-state index contributed by atoms with van der Waals surface area (Å²) in [6, 6.07) is 2.22. The van der Waals surface area contributed by atoms with E-state index in [-0.39, 0.29) is 11.0 Å². The Balaban J connectivity index is 3.14. The molecule has 1 aromatic carbocycles. The maximum atomic E-state index is 13.1. The minimum Gasteiger partial charge on any atom is -0.331 e. The number of rotatable bonds is 2. The van der Waals surface area contributed by atoms with E-state index >= 15 is 0 Å². The topological polar surface area (TPSA) is 50.1 Å². The molecule has 0 spiro atoms. The molecule has 1 aromatic rings. The van der Waals surface area contributed by atoms with Gasteiger partial charge >= 0.3 is 0 Å². The second-order valence-electron chi connectivity index (χ2n) is 3.61. The molecule has 0 fully saturated rings. The highest BCUT2D eigenvalue weighted by molar-refractivity contribution is 7.80. The fraction of sp³-hybridized carbons (Fsp3) is 0.300. The van der Waals surface area contributed by atoms with Gasteiger partial charge < -0.3 is 10.7 Å². The summed E-state index contributed by atoms with van der Waals surface area (Å²) >= 11 is 4.80. The van der Waals surface area contributed by atoms with Crippen LogP contribution in [-0.4, -0.2) is 5.11 Å². The molecular formula is C10H13F2N3S. The van der Waals surface area contributed by atoms with E-state index < -0.39 is 11.6 Å². The van der Waals surface area contributed by atoms with Gasteiger partial charge in [-0.1, -0.05) is 13.8 Å². The van der Waals surface area contributed by atoms with Crippen molar-refractivity contribution in [1.29, 1.82) is 0 Å². The van der Waals surface area contributed by atoms with Crippen LogP contribution >= 0.6 is 12.2 Å². The van der Waals surface area contributed by atoms with E-state index in [0.29, 0.717) is 11.3 Å². The van der Waals surface area contributed by atoms with Gasteiger partial charge in [-0.05, 0) is 29.8 Å². The van der Waals surface area contributed by atoms with Crippen LogP contribution < -0.4 is 16.6 Å². The maximum Gasteiger partial charge on any atom is 0.185 e. The summed E-state index contributed by atoms with van der Waals surface area (Å²) < 4.78 is 26.1. The van der Waals surface area contributed by atoms with Crippen molar-refractivity contribution in [3.63, 3.8) is 0 Å². The average molecular weight is 245 g/mol. The first kappa shape index (κ1) is 12.8. The van der Waals surface area contributed by atoms with Crippen molar-refractivity contribution in [1.82, 2.24) is 5.43 Å². The number of hydrogen-bond donors (Lipinski definition) is 3. The van der Waals surface area contributed by atoms with E-state index in [1.165, 1.54) is 0 Å². The Hall–Kier alpha value is -1.27. The first-order chi connectivity index (χ1) is 7.45. The summed E-state index contributed by atoms with van der Waals surface area (Å²) in [6.07, 6.45) is 0. The molecule has 0 unspecified atom stereocenters. The number of hydrazine groups is 1. The minimum atomic E-state index is -0.924. The molecular weight excluding hydrogens is 232 g/mol. The molecule has 0 aliphatic carbocycles. The van der Waals surface area contributed by atoms with Crippen LogP contribution in [0, 0.1) is 11.6 Å². The van der Waals surface area contributed by atoms with Gasteiger partial charge in [0.15, 0.2) is 16.7 Å². The number of halogens is 2. The summed E-state index contributed by atoms with van der Waals surface area (Å²) in [5.41, 5.74) is 3.27. The van der Waals surface area contributed by atoms with Gasteiger partial charge in [-0.3, -0.25) is 0 Å². The Morgan fingerprint density at radius 3 is 2.38 bits per heavy atom. The van der Waals surface area contributed by atoms with Crippen LogP contribution in [0.25, 0.3) is 0 Å². The highest BCUT2D eigenvalue weighted by Gasteiger charge is 2.13. The van der Waals surface area contributed by atoms with E-state index in [2.05, 4.69) is 10.7 Å². The minimum absolute atomic E-state index is 0.0400. The molecule has 88 valence electrons. The van der Waals surface area contributed by atoms with Crippen molar-refractivity contribution in [3.8, 4) is 0 Å². The standard InChI is InChI=1S/C10H13F2N3S/c1-5(2)6-3-7(11)8(12)4-9(6)14-10(16)15-13/h3-5H,13H2,1-2H3,(H2,14,15,16). The lowest BCUT2D eigenvalue weighted by Crippen LogP contribution is -2.34. The number of nitrogens with two attached hydrogens (primary N) is 1. The van der Waals surface area contributed by atoms with Gasteiger partial charge in [0.2, 0.25) is 0 Å². The average Bonchev–Trinajstić information content (AvgIpc) is 2.22. The zero-order chi connectivity index (χ0) is 12.3. The van der Waals surface area contributed by atoms with Crippen molar-refractivity contribution in [2.45, 2.75) is 19.8 Å². The van der Waals surface area contributed by atoms with Crippen LogP contribution in [0.3, 0.4) is 0 Å². The molecule has 0 amide bonds. The number of benzene rings is 1. The molecule has 0 atom stereocenters. The first-order valence-electron chi connectivity index (χ1n) is 4.72. The van der Waals surface area contributed by atoms with Crippen molar-refractivity contribution in [2.24, 2.45) is 5.84 Å². The van der Waals surface area contributed by atoms with Crippen LogP contribution in [0.4, 0.5) is 14.5 Å². The quantitative estimate of drug-likeness (QED) is 0.425. The molecule has 0 heterocycles. The second kappa shape index (κ2) is 5.18. The third-order valence-corrected chi connectivity index (χ3v) is 2.31. The van der Waals surface area contributed by atoms with Gasteiger partial charge in [-0.25, -0.2) is 14.6 Å². The SMILES string of the molecule is CC(C)c1cc(F)c(F)cc1NC(=S)NN. The van der Waals surface area contributed by atoms with Crippen LogP contribution in [0.5, 0.6) is 0 Å². The van der Waals surface area contributed by atoms with Gasteiger partial charge in [0.05, 0.1) is 0 Å². The summed E-state index contributed by atoms with van der Waals surface area (Å²) in [5.74, 6) is 3.33. The molecule has 1 rings (SSSR count). The Kier molecular flexibility index (Phi) is 4.14. The lowest BCUT2D eigenvalue weighted by Gasteiger charge is -2.15. The van der Waals surface area contributed by atoms with E-state index in [0.717, 1.165) is 12.1 Å². The van der Waals surface area contributed by atoms with Gasteiger partial charge in [-0.2, -0.15) is 0 Å². The smallest absolute Gasteiger partial charge is 0.185 e. The molecule has 4 N–H and O–H groups in total. The van der Waals surface area contributed by atoms with Crippen molar-refractivity contribution >= 4 is 23.0 Å². The molecule has 3 nitrogen and oxygen atoms in total. The molecule has 6 heteroatoms. The Morgan fingerprint density at radius 1 is 1.31 bits per heavy atom. The fourth-order valence-corrected chi connectivity index (χ4v) is 1.42. The molecule has 0 aliphatic heterocycles. The van der Waals surface area contributed by atoms with Crippen molar-refractivity contribution in [2.75, 3.05) is 5.32 Å². The molecule has 0 saturated carbocycles. The zero-order valence-electron chi connectivity index (χ0n) is 8.97. The van der Waals surface area contributed by atoms with Crippen LogP contribution in [-0.2, 0) is 0 Å². The van der Waals surface area contributed by atoms with E-state index in [9.17, 15) is 8.78 Å². The highest BCUT2D eigenvalue weighted by atomic mass is 32.1. The van der Waals surface area contributed by atoms with Crippen molar-refractivity contribution < 1.29 is 8.78 Å². The second-order valence-corrected chi connectivity index (χ2v) is 4.01. The molecule has 0 bridgehead atoms. The Morgan fingerprint density at radius 2 is 1.88 bits per heavy atom. The summed E-state index contributed by atoms with van der Waals surface area (Å²) in [5, 5.41) is 2.84. The Bertz CT molecular complexity index is 407. The van der Waals surface area contributed by atoms with Gasteiger partial charge in [0.1, 0.15) is 0 Å². The normalized spacial score (nSPS) is 10.4. The van der Waals surface area contributed by atoms with Crippen LogP contribution in [0.1, 0.15) is 25.3 Å². The first-order valence-corrected chi connectivity index (χ1v) is 5.13. The third-order valence-electron chi connectivity index (χ3n) is 2.09. The number of thiocarbonyl (C=S) groups is 1. The van der Waals surface area contributed by atoms with Crippen LogP contribution in [0.15, 0.2) is 12.1 Å². The molecule has 0 aromatic heterocycles. The Labute approximate surface area is 98.0 Å². The number of hydrogen-bond acceptors (Lipinski definition) is 2. The number of nitrogens with one attached hydrogen (secondary N) is 2. The monoisotopic (exact) mass is 245 g/mol. The molecule has 0 radical (unpaired) electrons. The molecule has 16 heavy (non-hydrogen) atoms. The third kappa shape index (κ3) is 2.86. The summed E-state index contributed by atoms with van der Waals surface area (Å²) in [4.78, 5) is 0. The van der Waals surface area contributed by atoms with Gasteiger partial charge in [0, 0.05) is 11.8 Å². The lowest BCUT2D eigenvalue weighted by atomic mass is 10.0. The van der Waals surface area contributed by atoms with Crippen LogP contribution in [0.2, 0.25) is 0 Å². The fourth-order valence-electron chi connectivity index (χ4n) is 1.31. The molecule has 0 saturated heterocycles. The predicted molar refractivity (Wildman–Crippen MR) is 64.0 cm³/mol.